The van der Waals surface area contributed by atoms with Crippen molar-refractivity contribution < 1.29 is 27.8 Å². The molecule has 3 aromatic carbocycles. The van der Waals surface area contributed by atoms with Gasteiger partial charge in [0.05, 0.1) is 24.8 Å². The van der Waals surface area contributed by atoms with E-state index in [1.54, 1.807) is 21.7 Å². The molecular weight excluding hydrogens is 554 g/mol. The largest absolute Gasteiger partial charge is 0.494 e. The number of nitriles is 1. The summed E-state index contributed by atoms with van der Waals surface area (Å²) in [4.78, 5) is 14.4. The van der Waals surface area contributed by atoms with Crippen LogP contribution in [0.25, 0.3) is 22.4 Å². The van der Waals surface area contributed by atoms with Gasteiger partial charge in [0.1, 0.15) is 24.2 Å². The number of carbonyl (C=O) groups excluding carboxylic acids is 1. The molecule has 1 aliphatic heterocycles. The van der Waals surface area contributed by atoms with E-state index in [9.17, 15) is 18.8 Å². The van der Waals surface area contributed by atoms with Crippen LogP contribution in [0.15, 0.2) is 66.7 Å². The van der Waals surface area contributed by atoms with Crippen molar-refractivity contribution in [2.75, 3.05) is 26.8 Å². The Labute approximate surface area is 249 Å². The number of amides is 1. The van der Waals surface area contributed by atoms with Crippen molar-refractivity contribution in [1.29, 1.82) is 5.26 Å². The summed E-state index contributed by atoms with van der Waals surface area (Å²) in [5.74, 6) is -0.543. The quantitative estimate of drug-likeness (QED) is 0.214. The third-order valence-corrected chi connectivity index (χ3v) is 7.50. The van der Waals surface area contributed by atoms with Gasteiger partial charge in [0.2, 0.25) is 5.88 Å². The van der Waals surface area contributed by atoms with E-state index in [0.717, 1.165) is 18.4 Å². The minimum absolute atomic E-state index is 0.0840. The van der Waals surface area contributed by atoms with Crippen molar-refractivity contribution >= 4 is 6.09 Å². The normalized spacial score (nSPS) is 13.4. The molecule has 0 saturated carbocycles. The van der Waals surface area contributed by atoms with Gasteiger partial charge in [-0.25, -0.2) is 18.3 Å². The SMILES string of the molecule is CCOc1c(-c2ccc(OC)c(F)c2)c(-c2ccc(C#N)c(F)c2)nn1CC1CCN(C(=O)OCc2ccccc2)CC1. The number of benzene rings is 3. The van der Waals surface area contributed by atoms with Crippen LogP contribution in [0.1, 0.15) is 30.9 Å². The molecular formula is C33H32F2N4O4. The van der Waals surface area contributed by atoms with E-state index in [1.165, 1.54) is 31.4 Å². The van der Waals surface area contributed by atoms with Gasteiger partial charge in [-0.05, 0) is 61.1 Å². The van der Waals surface area contributed by atoms with Crippen molar-refractivity contribution in [3.63, 3.8) is 0 Å². The van der Waals surface area contributed by atoms with Crippen LogP contribution in [0.5, 0.6) is 11.6 Å². The van der Waals surface area contributed by atoms with Crippen molar-refractivity contribution in [3.05, 3.63) is 89.5 Å². The lowest BCUT2D eigenvalue weighted by Crippen LogP contribution is -2.39. The van der Waals surface area contributed by atoms with Crippen LogP contribution in [0, 0.1) is 28.9 Å². The number of likely N-dealkylation sites (tertiary alicyclic amines) is 1. The molecule has 1 aliphatic rings. The number of piperidine rings is 1. The lowest BCUT2D eigenvalue weighted by molar-refractivity contribution is 0.0799. The molecule has 5 rings (SSSR count). The van der Waals surface area contributed by atoms with E-state index >= 15 is 0 Å². The van der Waals surface area contributed by atoms with Gasteiger partial charge >= 0.3 is 6.09 Å². The first-order chi connectivity index (χ1) is 20.9. The van der Waals surface area contributed by atoms with Gasteiger partial charge < -0.3 is 19.1 Å². The van der Waals surface area contributed by atoms with E-state index in [0.29, 0.717) is 54.5 Å². The number of methoxy groups -OCH3 is 1. The maximum absolute atomic E-state index is 14.9. The Morgan fingerprint density at radius 1 is 1.02 bits per heavy atom. The van der Waals surface area contributed by atoms with Gasteiger partial charge in [-0.2, -0.15) is 10.4 Å². The summed E-state index contributed by atoms with van der Waals surface area (Å²) >= 11 is 0. The number of aromatic nitrogens is 2. The summed E-state index contributed by atoms with van der Waals surface area (Å²) in [6, 6.07) is 20.2. The number of halogens is 2. The van der Waals surface area contributed by atoms with E-state index in [2.05, 4.69) is 0 Å². The fourth-order valence-electron chi connectivity index (χ4n) is 5.24. The molecule has 1 amide bonds. The molecule has 8 nitrogen and oxygen atoms in total. The molecule has 222 valence electrons. The van der Waals surface area contributed by atoms with Gasteiger partial charge in [-0.15, -0.1) is 0 Å². The molecule has 43 heavy (non-hydrogen) atoms. The molecule has 1 fully saturated rings. The zero-order chi connectivity index (χ0) is 30.3. The Bertz CT molecular complexity index is 1630. The van der Waals surface area contributed by atoms with E-state index in [-0.39, 0.29) is 29.9 Å². The average molecular weight is 587 g/mol. The van der Waals surface area contributed by atoms with Gasteiger partial charge in [0.25, 0.3) is 0 Å². The van der Waals surface area contributed by atoms with Crippen molar-refractivity contribution in [2.45, 2.75) is 32.9 Å². The highest BCUT2D eigenvalue weighted by Crippen LogP contribution is 2.41. The lowest BCUT2D eigenvalue weighted by Gasteiger charge is -2.31. The van der Waals surface area contributed by atoms with Crippen molar-refractivity contribution in [1.82, 2.24) is 14.7 Å². The molecule has 0 bridgehead atoms. The monoisotopic (exact) mass is 586 g/mol. The molecule has 4 aromatic rings. The smallest absolute Gasteiger partial charge is 0.410 e. The summed E-state index contributed by atoms with van der Waals surface area (Å²) in [5, 5.41) is 14.1. The molecule has 0 radical (unpaired) electrons. The molecule has 1 aromatic heterocycles. The van der Waals surface area contributed by atoms with Crippen LogP contribution < -0.4 is 9.47 Å². The summed E-state index contributed by atoms with van der Waals surface area (Å²) in [5.41, 5.74) is 2.67. The molecule has 0 aliphatic carbocycles. The van der Waals surface area contributed by atoms with Crippen molar-refractivity contribution in [3.8, 4) is 40.1 Å². The first kappa shape index (κ1) is 29.6. The molecule has 10 heteroatoms. The van der Waals surface area contributed by atoms with Gasteiger partial charge in [-0.1, -0.05) is 42.5 Å². The second-order valence-electron chi connectivity index (χ2n) is 10.3. The topological polar surface area (TPSA) is 89.6 Å². The van der Waals surface area contributed by atoms with Crippen LogP contribution in [0.4, 0.5) is 13.6 Å². The summed E-state index contributed by atoms with van der Waals surface area (Å²) < 4.78 is 48.0. The Morgan fingerprint density at radius 2 is 1.74 bits per heavy atom. The van der Waals surface area contributed by atoms with Gasteiger partial charge in [-0.3, -0.25) is 0 Å². The summed E-state index contributed by atoms with van der Waals surface area (Å²) in [7, 11) is 1.39. The van der Waals surface area contributed by atoms with Crippen LogP contribution in [-0.2, 0) is 17.9 Å². The summed E-state index contributed by atoms with van der Waals surface area (Å²) in [6.07, 6.45) is 1.10. The number of hydrogen-bond donors (Lipinski definition) is 0. The molecule has 2 heterocycles. The highest BCUT2D eigenvalue weighted by molar-refractivity contribution is 5.85. The van der Waals surface area contributed by atoms with Crippen LogP contribution >= 0.6 is 0 Å². The number of nitrogens with zero attached hydrogens (tertiary/aromatic N) is 4. The predicted octanol–water partition coefficient (Wildman–Crippen LogP) is 6.82. The second kappa shape index (κ2) is 13.4. The predicted molar refractivity (Wildman–Crippen MR) is 156 cm³/mol. The fourth-order valence-corrected chi connectivity index (χ4v) is 5.24. The van der Waals surface area contributed by atoms with Gasteiger partial charge in [0, 0.05) is 25.2 Å². The molecule has 1 saturated heterocycles. The van der Waals surface area contributed by atoms with E-state index in [4.69, 9.17) is 19.3 Å². The van der Waals surface area contributed by atoms with E-state index < -0.39 is 11.6 Å². The van der Waals surface area contributed by atoms with Crippen LogP contribution in [0.2, 0.25) is 0 Å². The maximum atomic E-state index is 14.9. The van der Waals surface area contributed by atoms with Gasteiger partial charge in [0.15, 0.2) is 11.6 Å². The van der Waals surface area contributed by atoms with Crippen LogP contribution in [-0.4, -0.2) is 47.6 Å². The molecule has 0 spiro atoms. The van der Waals surface area contributed by atoms with Crippen molar-refractivity contribution in [2.24, 2.45) is 5.92 Å². The Morgan fingerprint density at radius 3 is 2.40 bits per heavy atom. The van der Waals surface area contributed by atoms with E-state index in [1.807, 2.05) is 43.3 Å². The third kappa shape index (κ3) is 6.61. The first-order valence-electron chi connectivity index (χ1n) is 14.1. The molecule has 0 unspecified atom stereocenters. The zero-order valence-corrected chi connectivity index (χ0v) is 24.1. The number of hydrogen-bond acceptors (Lipinski definition) is 6. The zero-order valence-electron chi connectivity index (χ0n) is 24.1. The Hall–Kier alpha value is -4.91. The minimum Gasteiger partial charge on any atom is -0.494 e. The fraction of sp³-hybridized carbons (Fsp3) is 0.303. The minimum atomic E-state index is -0.675. The number of ether oxygens (including phenoxy) is 3. The molecule has 0 N–H and O–H groups in total. The average Bonchev–Trinajstić information content (AvgIpc) is 3.38. The second-order valence-corrected chi connectivity index (χ2v) is 10.3. The molecule has 0 atom stereocenters. The first-order valence-corrected chi connectivity index (χ1v) is 14.1. The number of carbonyl (C=O) groups is 1. The standard InChI is InChI=1S/C33H32F2N4O4/c1-3-42-32-30(24-11-12-29(41-2)28(35)17-24)31(25-9-10-26(19-36)27(34)18-25)37-39(32)20-22-13-15-38(16-14-22)33(40)43-21-23-7-5-4-6-8-23/h4-12,17-18,22H,3,13-16,20-21H2,1-2H3. The van der Waals surface area contributed by atoms with Crippen LogP contribution in [0.3, 0.4) is 0 Å². The number of rotatable bonds is 9. The maximum Gasteiger partial charge on any atom is 0.410 e. The Balaban J connectivity index is 1.40. The highest BCUT2D eigenvalue weighted by atomic mass is 19.1. The lowest BCUT2D eigenvalue weighted by atomic mass is 9.97. The third-order valence-electron chi connectivity index (χ3n) is 7.50. The highest BCUT2D eigenvalue weighted by Gasteiger charge is 2.28. The summed E-state index contributed by atoms with van der Waals surface area (Å²) in [6.45, 7) is 3.94. The Kier molecular flexibility index (Phi) is 9.20.